The third kappa shape index (κ3) is 6.68. The molecule has 0 atom stereocenters. The Morgan fingerprint density at radius 2 is 1.50 bits per heavy atom. The number of halogens is 2. The fourth-order valence-corrected chi connectivity index (χ4v) is 2.64. The predicted octanol–water partition coefficient (Wildman–Crippen LogP) is 4.83. The number of hydrogen-bond donors (Lipinski definition) is 2. The van der Waals surface area contributed by atoms with Gasteiger partial charge in [-0.2, -0.15) is 0 Å². The minimum atomic E-state index is -0.888. The molecule has 0 saturated carbocycles. The standard InChI is InChI=1S/C10H9BrO2.C8H7BrO2/c11-7-9(10(12)13)6-8-4-2-1-3-5-8;9-5-6-3-1-2-4-7(6)8(10)11/h1-6H,7H2,(H,12,13);1-4H,5H2,(H,10,11). The quantitative estimate of drug-likeness (QED) is 0.500. The molecule has 24 heavy (non-hydrogen) atoms. The lowest BCUT2D eigenvalue weighted by Crippen LogP contribution is -2.00. The lowest BCUT2D eigenvalue weighted by Gasteiger charge is -1.99. The minimum Gasteiger partial charge on any atom is -0.478 e. The van der Waals surface area contributed by atoms with E-state index in [2.05, 4.69) is 31.9 Å². The zero-order chi connectivity index (χ0) is 17.9. The van der Waals surface area contributed by atoms with Crippen molar-refractivity contribution in [3.63, 3.8) is 0 Å². The largest absolute Gasteiger partial charge is 0.478 e. The highest BCUT2D eigenvalue weighted by molar-refractivity contribution is 9.09. The average Bonchev–Trinajstić information content (AvgIpc) is 2.60. The number of carboxylic acids is 2. The van der Waals surface area contributed by atoms with Crippen molar-refractivity contribution >= 4 is 49.9 Å². The summed E-state index contributed by atoms with van der Waals surface area (Å²) < 4.78 is 0. The fraction of sp³-hybridized carbons (Fsp3) is 0.111. The van der Waals surface area contributed by atoms with Gasteiger partial charge in [0.25, 0.3) is 0 Å². The molecule has 4 nitrogen and oxygen atoms in total. The van der Waals surface area contributed by atoms with Gasteiger partial charge in [-0.15, -0.1) is 0 Å². The predicted molar refractivity (Wildman–Crippen MR) is 102 cm³/mol. The highest BCUT2D eigenvalue weighted by atomic mass is 79.9. The number of alkyl halides is 2. The molecule has 0 radical (unpaired) electrons. The van der Waals surface area contributed by atoms with Gasteiger partial charge in [-0.25, -0.2) is 9.59 Å². The second-order valence-corrected chi connectivity index (χ2v) is 5.74. The Bertz CT molecular complexity index is 712. The van der Waals surface area contributed by atoms with Gasteiger partial charge in [0.2, 0.25) is 0 Å². The molecule has 2 aromatic carbocycles. The van der Waals surface area contributed by atoms with E-state index >= 15 is 0 Å². The van der Waals surface area contributed by atoms with Crippen LogP contribution in [0, 0.1) is 0 Å². The Kier molecular flexibility index (Phi) is 9.04. The van der Waals surface area contributed by atoms with E-state index in [4.69, 9.17) is 10.2 Å². The average molecular weight is 456 g/mol. The molecular formula is C18H16Br2O4. The monoisotopic (exact) mass is 454 g/mol. The van der Waals surface area contributed by atoms with E-state index in [-0.39, 0.29) is 0 Å². The maximum atomic E-state index is 10.6. The van der Waals surface area contributed by atoms with E-state index in [9.17, 15) is 9.59 Å². The zero-order valence-electron chi connectivity index (χ0n) is 12.7. The van der Waals surface area contributed by atoms with Crippen molar-refractivity contribution in [3.8, 4) is 0 Å². The van der Waals surface area contributed by atoms with E-state index in [1.807, 2.05) is 36.4 Å². The number of benzene rings is 2. The van der Waals surface area contributed by atoms with Crippen LogP contribution in [0.1, 0.15) is 21.5 Å². The van der Waals surface area contributed by atoms with E-state index in [0.29, 0.717) is 21.8 Å². The van der Waals surface area contributed by atoms with Crippen LogP contribution in [0.5, 0.6) is 0 Å². The van der Waals surface area contributed by atoms with Gasteiger partial charge in [0.05, 0.1) is 5.56 Å². The first-order chi connectivity index (χ1) is 11.5. The van der Waals surface area contributed by atoms with Crippen LogP contribution < -0.4 is 0 Å². The topological polar surface area (TPSA) is 74.6 Å². The van der Waals surface area contributed by atoms with Crippen LogP contribution in [0.4, 0.5) is 0 Å². The molecule has 2 N–H and O–H groups in total. The first-order valence-corrected chi connectivity index (χ1v) is 9.16. The Morgan fingerprint density at radius 1 is 0.917 bits per heavy atom. The summed E-state index contributed by atoms with van der Waals surface area (Å²) in [6, 6.07) is 16.3. The molecule has 2 aromatic rings. The lowest BCUT2D eigenvalue weighted by atomic mass is 10.1. The van der Waals surface area contributed by atoms with Crippen molar-refractivity contribution < 1.29 is 19.8 Å². The molecule has 0 aliphatic rings. The summed E-state index contributed by atoms with van der Waals surface area (Å²) in [7, 11) is 0. The van der Waals surface area contributed by atoms with Gasteiger partial charge in [-0.3, -0.25) is 0 Å². The van der Waals surface area contributed by atoms with Gasteiger partial charge in [0.15, 0.2) is 0 Å². The molecule has 0 aromatic heterocycles. The number of carbonyl (C=O) groups is 2. The SMILES string of the molecule is O=C(O)C(=Cc1ccccc1)CBr.O=C(O)c1ccccc1CBr. The van der Waals surface area contributed by atoms with Crippen LogP contribution in [-0.2, 0) is 10.1 Å². The molecule has 0 aliphatic heterocycles. The summed E-state index contributed by atoms with van der Waals surface area (Å²) in [6.07, 6.45) is 1.65. The third-order valence-corrected chi connectivity index (χ3v) is 4.16. The highest BCUT2D eigenvalue weighted by Gasteiger charge is 2.06. The molecule has 0 heterocycles. The lowest BCUT2D eigenvalue weighted by molar-refractivity contribution is -0.132. The van der Waals surface area contributed by atoms with Crippen LogP contribution in [0.2, 0.25) is 0 Å². The summed E-state index contributed by atoms with van der Waals surface area (Å²) in [5.41, 5.74) is 2.43. The summed E-state index contributed by atoms with van der Waals surface area (Å²) in [4.78, 5) is 21.2. The van der Waals surface area contributed by atoms with Crippen LogP contribution in [0.15, 0.2) is 60.2 Å². The molecule has 2 rings (SSSR count). The number of aromatic carboxylic acids is 1. The Hall–Kier alpha value is -1.92. The van der Waals surface area contributed by atoms with E-state index < -0.39 is 11.9 Å². The zero-order valence-corrected chi connectivity index (χ0v) is 15.8. The summed E-state index contributed by atoms with van der Waals surface area (Å²) in [5.74, 6) is -1.76. The number of rotatable bonds is 5. The molecule has 126 valence electrons. The third-order valence-electron chi connectivity index (χ3n) is 2.95. The molecule has 0 aliphatic carbocycles. The number of hydrogen-bond acceptors (Lipinski definition) is 2. The second kappa shape index (κ2) is 10.8. The smallest absolute Gasteiger partial charge is 0.335 e. The first kappa shape index (κ1) is 20.1. The van der Waals surface area contributed by atoms with Gasteiger partial charge in [0, 0.05) is 16.2 Å². The summed E-state index contributed by atoms with van der Waals surface area (Å²) in [5, 5.41) is 18.3. The fourth-order valence-electron chi connectivity index (χ4n) is 1.75. The van der Waals surface area contributed by atoms with Gasteiger partial charge in [-0.1, -0.05) is 80.4 Å². The van der Waals surface area contributed by atoms with E-state index in [1.165, 1.54) is 0 Å². The van der Waals surface area contributed by atoms with Gasteiger partial charge in [0.1, 0.15) is 0 Å². The van der Waals surface area contributed by atoms with Gasteiger partial charge >= 0.3 is 11.9 Å². The van der Waals surface area contributed by atoms with Crippen molar-refractivity contribution in [1.29, 1.82) is 0 Å². The highest BCUT2D eigenvalue weighted by Crippen LogP contribution is 2.11. The summed E-state index contributed by atoms with van der Waals surface area (Å²) in [6.45, 7) is 0. The molecular weight excluding hydrogens is 440 g/mol. The van der Waals surface area contributed by atoms with Crippen LogP contribution in [0.3, 0.4) is 0 Å². The maximum Gasteiger partial charge on any atom is 0.335 e. The second-order valence-electron chi connectivity index (χ2n) is 4.61. The number of aliphatic carboxylic acids is 1. The Labute approximate surface area is 157 Å². The van der Waals surface area contributed by atoms with Crippen molar-refractivity contribution in [1.82, 2.24) is 0 Å². The van der Waals surface area contributed by atoms with Gasteiger partial charge < -0.3 is 10.2 Å². The Balaban J connectivity index is 0.000000243. The molecule has 6 heteroatoms. The van der Waals surface area contributed by atoms with Gasteiger partial charge in [-0.05, 0) is 23.3 Å². The van der Waals surface area contributed by atoms with Crippen molar-refractivity contribution in [2.75, 3.05) is 5.33 Å². The van der Waals surface area contributed by atoms with Crippen LogP contribution >= 0.6 is 31.9 Å². The maximum absolute atomic E-state index is 10.6. The first-order valence-electron chi connectivity index (χ1n) is 6.91. The molecule has 0 amide bonds. The molecule has 0 unspecified atom stereocenters. The van der Waals surface area contributed by atoms with Crippen LogP contribution in [-0.4, -0.2) is 27.5 Å². The molecule has 0 saturated heterocycles. The van der Waals surface area contributed by atoms with Crippen molar-refractivity contribution in [2.45, 2.75) is 5.33 Å². The van der Waals surface area contributed by atoms with Crippen molar-refractivity contribution in [3.05, 3.63) is 76.9 Å². The minimum absolute atomic E-state index is 0.353. The summed E-state index contributed by atoms with van der Waals surface area (Å²) >= 11 is 6.34. The Morgan fingerprint density at radius 3 is 1.96 bits per heavy atom. The normalized spacial score (nSPS) is 10.5. The van der Waals surface area contributed by atoms with Crippen molar-refractivity contribution in [2.24, 2.45) is 0 Å². The van der Waals surface area contributed by atoms with E-state index in [0.717, 1.165) is 11.1 Å². The number of carboxylic acid groups (broad SMARTS) is 2. The molecule has 0 bridgehead atoms. The molecule has 0 spiro atoms. The van der Waals surface area contributed by atoms with E-state index in [1.54, 1.807) is 24.3 Å². The molecule has 0 fully saturated rings. The van der Waals surface area contributed by atoms with Crippen LogP contribution in [0.25, 0.3) is 6.08 Å².